The first kappa shape index (κ1) is 14.9. The minimum atomic E-state index is -1.75. The van der Waals surface area contributed by atoms with Crippen molar-refractivity contribution in [2.24, 2.45) is 0 Å². The summed E-state index contributed by atoms with van der Waals surface area (Å²) in [6.45, 7) is 4.10. The van der Waals surface area contributed by atoms with Crippen LogP contribution < -0.4 is 0 Å². The first-order chi connectivity index (χ1) is 9.64. The lowest BCUT2D eigenvalue weighted by molar-refractivity contribution is -0.0575. The fraction of sp³-hybridized carbons (Fsp3) is 0.412. The molecule has 2 rings (SSSR count). The zero-order chi connectivity index (χ0) is 14.6. The van der Waals surface area contributed by atoms with Crippen molar-refractivity contribution in [3.63, 3.8) is 0 Å². The Hall–Kier alpha value is -1.48. The average molecular weight is 278 g/mol. The van der Waals surface area contributed by atoms with Crippen molar-refractivity contribution in [2.45, 2.75) is 38.5 Å². The van der Waals surface area contributed by atoms with Crippen LogP contribution in [0.5, 0.6) is 0 Å². The zero-order valence-corrected chi connectivity index (χ0v) is 11.9. The maximum Gasteiger partial charge on any atom is 0.184 e. The Bertz CT molecular complexity index is 499. The summed E-state index contributed by atoms with van der Waals surface area (Å²) in [6.07, 6.45) is 2.78. The van der Waals surface area contributed by atoms with Gasteiger partial charge in [-0.15, -0.1) is 0 Å². The van der Waals surface area contributed by atoms with Gasteiger partial charge in [0, 0.05) is 12.2 Å². The molecular formula is C17H20F2O. The number of halogens is 2. The summed E-state index contributed by atoms with van der Waals surface area (Å²) in [5.41, 5.74) is -0.165. The van der Waals surface area contributed by atoms with Gasteiger partial charge in [0.15, 0.2) is 6.17 Å². The summed E-state index contributed by atoms with van der Waals surface area (Å²) in [5, 5.41) is 0. The van der Waals surface area contributed by atoms with Crippen LogP contribution >= 0.6 is 0 Å². The van der Waals surface area contributed by atoms with E-state index in [4.69, 9.17) is 4.74 Å². The Balaban J connectivity index is 2.37. The van der Waals surface area contributed by atoms with Gasteiger partial charge < -0.3 is 4.74 Å². The third kappa shape index (κ3) is 2.68. The fourth-order valence-corrected chi connectivity index (χ4v) is 2.65. The molecule has 3 heteroatoms. The van der Waals surface area contributed by atoms with E-state index in [1.807, 2.05) is 25.1 Å². The molecule has 0 bridgehead atoms. The number of benzene rings is 1. The molecule has 0 spiro atoms. The standard InChI is InChI=1S/C17H20F2O/c1-3-11-17(20-4-2)12-10-14(15(18)16(17)19)13-8-6-5-7-9-13/h5-10,12,16H,3-4,11H2,1-2H3. The van der Waals surface area contributed by atoms with Crippen molar-refractivity contribution in [1.82, 2.24) is 0 Å². The Kier molecular flexibility index (Phi) is 4.71. The molecule has 1 aliphatic carbocycles. The summed E-state index contributed by atoms with van der Waals surface area (Å²) in [4.78, 5) is 0. The molecule has 0 saturated heterocycles. The molecule has 1 nitrogen and oxygen atoms in total. The molecule has 0 fully saturated rings. The number of hydrogen-bond donors (Lipinski definition) is 0. The lowest BCUT2D eigenvalue weighted by atomic mass is 9.83. The van der Waals surface area contributed by atoms with E-state index < -0.39 is 17.6 Å². The number of hydrogen-bond acceptors (Lipinski definition) is 1. The lowest BCUT2D eigenvalue weighted by Gasteiger charge is -2.36. The monoisotopic (exact) mass is 278 g/mol. The van der Waals surface area contributed by atoms with Gasteiger partial charge in [0.1, 0.15) is 11.4 Å². The van der Waals surface area contributed by atoms with Crippen LogP contribution in [0.4, 0.5) is 8.78 Å². The Labute approximate surface area is 119 Å². The second-order valence-corrected chi connectivity index (χ2v) is 4.96. The molecule has 0 radical (unpaired) electrons. The van der Waals surface area contributed by atoms with Crippen molar-refractivity contribution in [1.29, 1.82) is 0 Å². The van der Waals surface area contributed by atoms with Crippen molar-refractivity contribution < 1.29 is 13.5 Å². The van der Waals surface area contributed by atoms with E-state index >= 15 is 0 Å². The highest BCUT2D eigenvalue weighted by atomic mass is 19.2. The van der Waals surface area contributed by atoms with Gasteiger partial charge in [-0.3, -0.25) is 0 Å². The van der Waals surface area contributed by atoms with E-state index in [2.05, 4.69) is 0 Å². The largest absolute Gasteiger partial charge is 0.368 e. The van der Waals surface area contributed by atoms with Gasteiger partial charge in [-0.05, 0) is 25.0 Å². The minimum absolute atomic E-state index is 0.310. The van der Waals surface area contributed by atoms with E-state index in [-0.39, 0.29) is 0 Å². The number of allylic oxidation sites excluding steroid dienone is 2. The van der Waals surface area contributed by atoms with E-state index in [0.717, 1.165) is 6.42 Å². The Morgan fingerprint density at radius 2 is 1.90 bits per heavy atom. The van der Waals surface area contributed by atoms with Crippen LogP contribution in [0.25, 0.3) is 5.57 Å². The first-order valence-corrected chi connectivity index (χ1v) is 7.07. The lowest BCUT2D eigenvalue weighted by Crippen LogP contribution is -2.43. The van der Waals surface area contributed by atoms with Gasteiger partial charge in [-0.25, -0.2) is 8.78 Å². The molecule has 108 valence electrons. The van der Waals surface area contributed by atoms with Gasteiger partial charge in [-0.1, -0.05) is 49.8 Å². The normalized spacial score (nSPS) is 26.1. The van der Waals surface area contributed by atoms with Gasteiger partial charge in [0.05, 0.1) is 0 Å². The van der Waals surface area contributed by atoms with Gasteiger partial charge in [0.2, 0.25) is 0 Å². The molecule has 2 atom stereocenters. The summed E-state index contributed by atoms with van der Waals surface area (Å²) in [6, 6.07) is 9.03. The molecule has 0 aliphatic heterocycles. The molecule has 20 heavy (non-hydrogen) atoms. The second-order valence-electron chi connectivity index (χ2n) is 4.96. The first-order valence-electron chi connectivity index (χ1n) is 7.07. The maximum atomic E-state index is 14.6. The molecule has 1 aliphatic rings. The Morgan fingerprint density at radius 1 is 1.20 bits per heavy atom. The summed E-state index contributed by atoms with van der Waals surface area (Å²) in [7, 11) is 0. The molecule has 0 saturated carbocycles. The van der Waals surface area contributed by atoms with Crippen LogP contribution in [-0.4, -0.2) is 18.4 Å². The number of alkyl halides is 1. The van der Waals surface area contributed by atoms with E-state index in [1.54, 1.807) is 31.2 Å². The molecule has 1 aromatic carbocycles. The predicted octanol–water partition coefficient (Wildman–Crippen LogP) is 4.85. The van der Waals surface area contributed by atoms with Crippen molar-refractivity contribution in [3.05, 3.63) is 53.9 Å². The molecule has 1 aromatic rings. The molecule has 0 heterocycles. The summed E-state index contributed by atoms with van der Waals surface area (Å²) in [5.74, 6) is -0.736. The fourth-order valence-electron chi connectivity index (χ4n) is 2.65. The van der Waals surface area contributed by atoms with Crippen LogP contribution in [0.15, 0.2) is 48.3 Å². The molecule has 0 N–H and O–H groups in total. The van der Waals surface area contributed by atoms with Crippen molar-refractivity contribution in [2.75, 3.05) is 6.61 Å². The van der Waals surface area contributed by atoms with Crippen LogP contribution in [0.2, 0.25) is 0 Å². The molecule has 2 unspecified atom stereocenters. The summed E-state index contributed by atoms with van der Waals surface area (Å²) < 4.78 is 34.6. The highest BCUT2D eigenvalue weighted by Gasteiger charge is 2.43. The van der Waals surface area contributed by atoms with Gasteiger partial charge in [0.25, 0.3) is 0 Å². The van der Waals surface area contributed by atoms with Crippen LogP contribution in [0.3, 0.4) is 0 Å². The average Bonchev–Trinajstić information content (AvgIpc) is 2.46. The third-order valence-corrected chi connectivity index (χ3v) is 3.58. The topological polar surface area (TPSA) is 9.23 Å². The number of ether oxygens (including phenoxy) is 1. The van der Waals surface area contributed by atoms with Gasteiger partial charge in [-0.2, -0.15) is 0 Å². The van der Waals surface area contributed by atoms with Crippen molar-refractivity contribution in [3.8, 4) is 0 Å². The second kappa shape index (κ2) is 6.31. The molecular weight excluding hydrogens is 258 g/mol. The smallest absolute Gasteiger partial charge is 0.184 e. The molecule has 0 aromatic heterocycles. The van der Waals surface area contributed by atoms with Crippen LogP contribution in [0.1, 0.15) is 32.3 Å². The predicted molar refractivity (Wildman–Crippen MR) is 77.8 cm³/mol. The van der Waals surface area contributed by atoms with Crippen LogP contribution in [0, 0.1) is 0 Å². The minimum Gasteiger partial charge on any atom is -0.368 e. The number of rotatable bonds is 5. The van der Waals surface area contributed by atoms with E-state index in [9.17, 15) is 8.78 Å². The third-order valence-electron chi connectivity index (χ3n) is 3.58. The SMILES string of the molecule is CCCC1(OCC)C=CC(c2ccccc2)=C(F)C1F. The highest BCUT2D eigenvalue weighted by molar-refractivity contribution is 5.78. The van der Waals surface area contributed by atoms with Crippen LogP contribution in [-0.2, 0) is 4.74 Å². The highest BCUT2D eigenvalue weighted by Crippen LogP contribution is 2.40. The molecule has 0 amide bonds. The summed E-state index contributed by atoms with van der Waals surface area (Å²) >= 11 is 0. The van der Waals surface area contributed by atoms with E-state index in [0.29, 0.717) is 24.2 Å². The van der Waals surface area contributed by atoms with Gasteiger partial charge >= 0.3 is 0 Å². The quantitative estimate of drug-likeness (QED) is 0.748. The van der Waals surface area contributed by atoms with E-state index in [1.165, 1.54) is 0 Å². The zero-order valence-electron chi connectivity index (χ0n) is 11.9. The maximum absolute atomic E-state index is 14.6. The Morgan fingerprint density at radius 3 is 2.50 bits per heavy atom. The van der Waals surface area contributed by atoms with Crippen molar-refractivity contribution >= 4 is 5.57 Å².